The van der Waals surface area contributed by atoms with Gasteiger partial charge in [-0.15, -0.1) is 0 Å². The van der Waals surface area contributed by atoms with Crippen LogP contribution in [0, 0.1) is 0 Å². The Hall–Kier alpha value is -2.54. The Morgan fingerprint density at radius 3 is 1.92 bits per heavy atom. The Balaban J connectivity index is 0.00000151. The van der Waals surface area contributed by atoms with Gasteiger partial charge in [0.1, 0.15) is 0 Å². The Kier molecular flexibility index (Phi) is 9.10. The third kappa shape index (κ3) is 6.84. The third-order valence-corrected chi connectivity index (χ3v) is 3.87. The number of nitrogens with one attached hydrogen (secondary N) is 1. The van der Waals surface area contributed by atoms with Crippen LogP contribution >= 0.6 is 0 Å². The molecular formula is C24H31N. The minimum absolute atomic E-state index is 0.775. The van der Waals surface area contributed by atoms with E-state index in [4.69, 9.17) is 0 Å². The fourth-order valence-electron chi connectivity index (χ4n) is 2.23. The van der Waals surface area contributed by atoms with Gasteiger partial charge in [0.2, 0.25) is 0 Å². The van der Waals surface area contributed by atoms with Crippen LogP contribution in [0.1, 0.15) is 33.3 Å². The van der Waals surface area contributed by atoms with Gasteiger partial charge in [-0.2, -0.15) is 0 Å². The van der Waals surface area contributed by atoms with Gasteiger partial charge in [0.15, 0.2) is 0 Å². The fraction of sp³-hybridized carbons (Fsp3) is 0.250. The molecule has 0 aliphatic carbocycles. The molecule has 0 spiro atoms. The summed E-state index contributed by atoms with van der Waals surface area (Å²) in [7, 11) is 0. The molecule has 0 fully saturated rings. The Bertz CT molecular complexity index is 688. The van der Waals surface area contributed by atoms with Gasteiger partial charge < -0.3 is 5.32 Å². The number of hydrogen-bond donors (Lipinski definition) is 1. The molecule has 0 saturated heterocycles. The molecule has 0 aliphatic rings. The van der Waals surface area contributed by atoms with E-state index >= 15 is 0 Å². The van der Waals surface area contributed by atoms with Crippen molar-refractivity contribution in [2.75, 3.05) is 11.9 Å². The number of benzene rings is 2. The standard InChI is InChI=1S/C22H25N.C2H6/c1-5-19-8-10-20(11-9-19)21-12-14-22(15-13-21)23-16-6-7-18(4)17(2)3;1-2/h6-15,23H,2,4-5,16H2,1,3H3;1-2H3/b7-6+;. The van der Waals surface area contributed by atoms with Crippen LogP contribution in [-0.4, -0.2) is 6.54 Å². The molecule has 25 heavy (non-hydrogen) atoms. The molecule has 0 aliphatic heterocycles. The Morgan fingerprint density at radius 2 is 1.44 bits per heavy atom. The quantitative estimate of drug-likeness (QED) is 0.536. The first-order valence-electron chi connectivity index (χ1n) is 9.04. The number of aryl methyl sites for hydroxylation is 1. The van der Waals surface area contributed by atoms with Crippen LogP contribution in [0.2, 0.25) is 0 Å². The molecule has 2 aromatic carbocycles. The van der Waals surface area contributed by atoms with E-state index in [2.05, 4.69) is 80.0 Å². The van der Waals surface area contributed by atoms with E-state index in [1.54, 1.807) is 0 Å². The van der Waals surface area contributed by atoms with Gasteiger partial charge in [0, 0.05) is 12.2 Å². The lowest BCUT2D eigenvalue weighted by molar-refractivity contribution is 1.14. The first-order valence-corrected chi connectivity index (χ1v) is 9.04. The molecule has 0 saturated carbocycles. The summed E-state index contributed by atoms with van der Waals surface area (Å²) in [6, 6.07) is 17.3. The van der Waals surface area contributed by atoms with E-state index in [1.165, 1.54) is 16.7 Å². The maximum absolute atomic E-state index is 3.94. The van der Waals surface area contributed by atoms with E-state index in [0.29, 0.717) is 0 Å². The van der Waals surface area contributed by atoms with Gasteiger partial charge in [-0.05, 0) is 47.7 Å². The molecule has 132 valence electrons. The molecule has 0 aromatic heterocycles. The highest BCUT2D eigenvalue weighted by atomic mass is 14.8. The van der Waals surface area contributed by atoms with Gasteiger partial charge in [0.05, 0.1) is 0 Å². The molecule has 2 rings (SSSR count). The van der Waals surface area contributed by atoms with Crippen molar-refractivity contribution < 1.29 is 0 Å². The predicted molar refractivity (Wildman–Crippen MR) is 114 cm³/mol. The lowest BCUT2D eigenvalue weighted by Gasteiger charge is -2.07. The fourth-order valence-corrected chi connectivity index (χ4v) is 2.23. The number of allylic oxidation sites excluding steroid dienone is 3. The SMILES string of the molecule is C=C(C)C(=C)/C=C/CNc1ccc(-c2ccc(CC)cc2)cc1.CC. The lowest BCUT2D eigenvalue weighted by atomic mass is 10.0. The normalized spacial score (nSPS) is 10.1. The highest BCUT2D eigenvalue weighted by Crippen LogP contribution is 2.22. The average Bonchev–Trinajstić information content (AvgIpc) is 2.67. The second-order valence-electron chi connectivity index (χ2n) is 5.72. The molecule has 0 bridgehead atoms. The molecule has 0 unspecified atom stereocenters. The van der Waals surface area contributed by atoms with Gasteiger partial charge in [0.25, 0.3) is 0 Å². The van der Waals surface area contributed by atoms with Crippen LogP contribution < -0.4 is 5.32 Å². The van der Waals surface area contributed by atoms with Gasteiger partial charge in [-0.25, -0.2) is 0 Å². The van der Waals surface area contributed by atoms with E-state index in [1.807, 2.05) is 26.8 Å². The van der Waals surface area contributed by atoms with Crippen molar-refractivity contribution in [1.29, 1.82) is 0 Å². The summed E-state index contributed by atoms with van der Waals surface area (Å²) in [6.45, 7) is 16.7. The van der Waals surface area contributed by atoms with Crippen molar-refractivity contribution in [1.82, 2.24) is 0 Å². The van der Waals surface area contributed by atoms with Crippen LogP contribution in [0.4, 0.5) is 5.69 Å². The predicted octanol–water partition coefficient (Wildman–Crippen LogP) is 7.04. The van der Waals surface area contributed by atoms with Crippen molar-refractivity contribution in [3.63, 3.8) is 0 Å². The molecule has 0 radical (unpaired) electrons. The summed E-state index contributed by atoms with van der Waals surface area (Å²) in [6.07, 6.45) is 5.14. The lowest BCUT2D eigenvalue weighted by Crippen LogP contribution is -1.97. The van der Waals surface area contributed by atoms with Crippen molar-refractivity contribution in [3.05, 3.63) is 90.6 Å². The zero-order valence-corrected chi connectivity index (χ0v) is 16.1. The molecule has 2 aromatic rings. The van der Waals surface area contributed by atoms with Crippen molar-refractivity contribution in [3.8, 4) is 11.1 Å². The van der Waals surface area contributed by atoms with Crippen LogP contribution in [0.3, 0.4) is 0 Å². The van der Waals surface area contributed by atoms with Crippen LogP contribution in [0.5, 0.6) is 0 Å². The van der Waals surface area contributed by atoms with E-state index < -0.39 is 0 Å². The Labute approximate surface area is 153 Å². The summed E-state index contributed by atoms with van der Waals surface area (Å²) in [5.74, 6) is 0. The smallest absolute Gasteiger partial charge is 0.0343 e. The van der Waals surface area contributed by atoms with Crippen LogP contribution in [0.25, 0.3) is 11.1 Å². The zero-order valence-electron chi connectivity index (χ0n) is 16.1. The van der Waals surface area contributed by atoms with Crippen molar-refractivity contribution in [2.45, 2.75) is 34.1 Å². The first kappa shape index (κ1) is 20.5. The van der Waals surface area contributed by atoms with E-state index in [0.717, 1.165) is 29.8 Å². The molecular weight excluding hydrogens is 302 g/mol. The minimum atomic E-state index is 0.775. The summed E-state index contributed by atoms with van der Waals surface area (Å²) in [5.41, 5.74) is 6.95. The second kappa shape index (κ2) is 11.1. The molecule has 0 atom stereocenters. The van der Waals surface area contributed by atoms with Crippen LogP contribution in [-0.2, 0) is 6.42 Å². The van der Waals surface area contributed by atoms with Crippen molar-refractivity contribution in [2.24, 2.45) is 0 Å². The number of rotatable bonds is 7. The first-order chi connectivity index (χ1) is 12.1. The molecule has 1 nitrogen and oxygen atoms in total. The number of anilines is 1. The monoisotopic (exact) mass is 333 g/mol. The zero-order chi connectivity index (χ0) is 18.7. The summed E-state index contributed by atoms with van der Waals surface area (Å²) in [5, 5.41) is 3.38. The molecule has 0 amide bonds. The summed E-state index contributed by atoms with van der Waals surface area (Å²) >= 11 is 0. The second-order valence-corrected chi connectivity index (χ2v) is 5.72. The van der Waals surface area contributed by atoms with Gasteiger partial charge >= 0.3 is 0 Å². The summed E-state index contributed by atoms with van der Waals surface area (Å²) < 4.78 is 0. The highest BCUT2D eigenvalue weighted by Gasteiger charge is 1.98. The van der Waals surface area contributed by atoms with Crippen LogP contribution in [0.15, 0.2) is 85.0 Å². The minimum Gasteiger partial charge on any atom is -0.382 e. The third-order valence-electron chi connectivity index (χ3n) is 3.87. The molecule has 1 N–H and O–H groups in total. The Morgan fingerprint density at radius 1 is 0.920 bits per heavy atom. The van der Waals surface area contributed by atoms with Crippen molar-refractivity contribution >= 4 is 5.69 Å². The molecule has 1 heteroatoms. The van der Waals surface area contributed by atoms with Gasteiger partial charge in [-0.3, -0.25) is 0 Å². The van der Waals surface area contributed by atoms with Gasteiger partial charge in [-0.1, -0.05) is 88.1 Å². The highest BCUT2D eigenvalue weighted by molar-refractivity contribution is 5.66. The molecule has 0 heterocycles. The summed E-state index contributed by atoms with van der Waals surface area (Å²) in [4.78, 5) is 0. The maximum Gasteiger partial charge on any atom is 0.0343 e. The van der Waals surface area contributed by atoms with E-state index in [-0.39, 0.29) is 0 Å². The maximum atomic E-state index is 3.94. The van der Waals surface area contributed by atoms with E-state index in [9.17, 15) is 0 Å². The number of hydrogen-bond acceptors (Lipinski definition) is 1. The largest absolute Gasteiger partial charge is 0.382 e. The topological polar surface area (TPSA) is 12.0 Å². The average molecular weight is 334 g/mol.